The first-order valence-electron chi connectivity index (χ1n) is 16.4. The van der Waals surface area contributed by atoms with Gasteiger partial charge in [0.2, 0.25) is 6.29 Å². The molecular formula is C32H50O17. The second-order valence-electron chi connectivity index (χ2n) is 13.8. The first-order chi connectivity index (χ1) is 23.0. The number of rotatable bonds is 9. The summed E-state index contributed by atoms with van der Waals surface area (Å²) in [5.41, 5.74) is 2.99. The Morgan fingerprint density at radius 3 is 1.59 bits per heavy atom. The monoisotopic (exact) mass is 706 g/mol. The Morgan fingerprint density at radius 1 is 0.592 bits per heavy atom. The average molecular weight is 707 g/mol. The molecule has 0 aliphatic carbocycles. The fourth-order valence-corrected chi connectivity index (χ4v) is 6.78. The van der Waals surface area contributed by atoms with E-state index >= 15 is 0 Å². The van der Waals surface area contributed by atoms with Crippen LogP contribution in [0, 0.1) is 20.8 Å². The smallest absolute Gasteiger partial charge is 0.229 e. The van der Waals surface area contributed by atoms with Gasteiger partial charge in [-0.25, -0.2) is 0 Å². The van der Waals surface area contributed by atoms with Crippen LogP contribution < -0.4 is 9.47 Å². The van der Waals surface area contributed by atoms with E-state index in [4.69, 9.17) is 33.2 Å². The van der Waals surface area contributed by atoms with Crippen molar-refractivity contribution in [2.24, 2.45) is 0 Å². The lowest BCUT2D eigenvalue weighted by Gasteiger charge is -2.48. The fraction of sp³-hybridized carbons (Fsp3) is 0.812. The number of benzene rings is 1. The van der Waals surface area contributed by atoms with Crippen molar-refractivity contribution >= 4 is 0 Å². The van der Waals surface area contributed by atoms with Crippen LogP contribution in [0.4, 0.5) is 0 Å². The SMILES string of the molecule is Cc1c(C)c2c(c(C)c1O[C@@H]1O[C@H](CO)C(O[C@H]3O[C@H](CO)C(O[C@@H]4O[C@H](CO)[C@H](O)[C@H](O)[C@H]4O)[C@H](O)[C@H]3O)[C@H](O)[C@H]1O)CCC(C)(C)O2. The van der Waals surface area contributed by atoms with Crippen LogP contribution in [0.2, 0.25) is 0 Å². The van der Waals surface area contributed by atoms with E-state index in [0.29, 0.717) is 5.75 Å². The minimum atomic E-state index is -1.92. The zero-order valence-corrected chi connectivity index (χ0v) is 28.0. The summed E-state index contributed by atoms with van der Waals surface area (Å²) in [4.78, 5) is 0. The number of hydrogen-bond donors (Lipinski definition) is 10. The lowest BCUT2D eigenvalue weighted by atomic mass is 9.88. The lowest BCUT2D eigenvalue weighted by molar-refractivity contribution is -0.376. The summed E-state index contributed by atoms with van der Waals surface area (Å²) >= 11 is 0. The van der Waals surface area contributed by atoms with E-state index in [9.17, 15) is 51.1 Å². The molecule has 49 heavy (non-hydrogen) atoms. The van der Waals surface area contributed by atoms with Crippen molar-refractivity contribution in [1.82, 2.24) is 0 Å². The van der Waals surface area contributed by atoms with Crippen LogP contribution >= 0.6 is 0 Å². The minimum Gasteiger partial charge on any atom is -0.487 e. The zero-order valence-electron chi connectivity index (χ0n) is 28.0. The third kappa shape index (κ3) is 7.31. The standard InChI is InChI=1S/C32H50O17/c1-11-12(2)26-14(6-7-32(4,5)49-26)13(3)25(11)46-30-23(41)20(38)28(16(9-34)44-30)48-31-24(42)21(39)27(17(10-35)45-31)47-29-22(40)19(37)18(36)15(8-33)43-29/h15-24,27-31,33-42H,6-10H2,1-5H3/t15-,16-,17-,18+,19+,20-,21-,22-,23-,24-,27?,28?,29+,30+,31-/m1/s1. The third-order valence-corrected chi connectivity index (χ3v) is 9.97. The average Bonchev–Trinajstić information content (AvgIpc) is 3.07. The molecule has 17 heteroatoms. The predicted molar refractivity (Wildman–Crippen MR) is 163 cm³/mol. The Balaban J connectivity index is 1.29. The highest BCUT2D eigenvalue weighted by Crippen LogP contribution is 2.44. The van der Waals surface area contributed by atoms with Gasteiger partial charge in [0.25, 0.3) is 0 Å². The molecular weight excluding hydrogens is 656 g/mol. The molecule has 2 unspecified atom stereocenters. The van der Waals surface area contributed by atoms with Crippen LogP contribution in [0.15, 0.2) is 0 Å². The van der Waals surface area contributed by atoms with Gasteiger partial charge in [0, 0.05) is 5.56 Å². The predicted octanol–water partition coefficient (Wildman–Crippen LogP) is -3.46. The van der Waals surface area contributed by atoms with Gasteiger partial charge in [-0.05, 0) is 64.2 Å². The Kier molecular flexibility index (Phi) is 11.8. The maximum Gasteiger partial charge on any atom is 0.229 e. The van der Waals surface area contributed by atoms with E-state index in [1.54, 1.807) is 0 Å². The van der Waals surface area contributed by atoms with E-state index < -0.39 is 112 Å². The molecule has 0 saturated carbocycles. The summed E-state index contributed by atoms with van der Waals surface area (Å²) in [6, 6.07) is 0. The minimum absolute atomic E-state index is 0.337. The molecule has 3 saturated heterocycles. The molecule has 0 radical (unpaired) electrons. The molecule has 4 aliphatic rings. The fourth-order valence-electron chi connectivity index (χ4n) is 6.78. The quantitative estimate of drug-likeness (QED) is 0.120. The Morgan fingerprint density at radius 2 is 1.06 bits per heavy atom. The highest BCUT2D eigenvalue weighted by molar-refractivity contribution is 5.59. The van der Waals surface area contributed by atoms with Gasteiger partial charge in [-0.15, -0.1) is 0 Å². The molecule has 4 heterocycles. The maximum absolute atomic E-state index is 11.2. The lowest BCUT2D eigenvalue weighted by Crippen LogP contribution is -2.66. The van der Waals surface area contributed by atoms with Gasteiger partial charge in [-0.3, -0.25) is 0 Å². The van der Waals surface area contributed by atoms with Crippen molar-refractivity contribution in [1.29, 1.82) is 0 Å². The van der Waals surface area contributed by atoms with Gasteiger partial charge in [-0.1, -0.05) is 0 Å². The van der Waals surface area contributed by atoms with Crippen molar-refractivity contribution in [3.8, 4) is 11.5 Å². The normalized spacial score (nSPS) is 42.3. The number of aliphatic hydroxyl groups excluding tert-OH is 10. The topological polar surface area (TPSA) is 267 Å². The Labute approximate surface area is 283 Å². The molecule has 17 nitrogen and oxygen atoms in total. The molecule has 1 aromatic rings. The van der Waals surface area contributed by atoms with Gasteiger partial charge < -0.3 is 84.2 Å². The Hall–Kier alpha value is -1.78. The summed E-state index contributed by atoms with van der Waals surface area (Å²) in [7, 11) is 0. The van der Waals surface area contributed by atoms with Crippen molar-refractivity contribution in [2.75, 3.05) is 19.8 Å². The highest BCUT2D eigenvalue weighted by atomic mass is 16.8. The number of aliphatic hydroxyl groups is 10. The van der Waals surface area contributed by atoms with E-state index in [1.165, 1.54) is 0 Å². The number of fused-ring (bicyclic) bond motifs is 1. The van der Waals surface area contributed by atoms with Gasteiger partial charge in [0.1, 0.15) is 90.3 Å². The number of ether oxygens (including phenoxy) is 7. The summed E-state index contributed by atoms with van der Waals surface area (Å²) in [6.07, 6.45) is -23.2. The highest BCUT2D eigenvalue weighted by Gasteiger charge is 2.54. The second-order valence-corrected chi connectivity index (χ2v) is 13.8. The van der Waals surface area contributed by atoms with E-state index in [1.807, 2.05) is 34.6 Å². The van der Waals surface area contributed by atoms with Crippen molar-refractivity contribution in [3.63, 3.8) is 0 Å². The van der Waals surface area contributed by atoms with E-state index in [0.717, 1.165) is 40.8 Å². The molecule has 0 bridgehead atoms. The van der Waals surface area contributed by atoms with Gasteiger partial charge >= 0.3 is 0 Å². The molecule has 10 N–H and O–H groups in total. The summed E-state index contributed by atoms with van der Waals surface area (Å²) in [6.45, 7) is 7.35. The van der Waals surface area contributed by atoms with Gasteiger partial charge in [-0.2, -0.15) is 0 Å². The van der Waals surface area contributed by atoms with Crippen LogP contribution in [-0.4, -0.2) is 169 Å². The first-order valence-corrected chi connectivity index (χ1v) is 16.4. The van der Waals surface area contributed by atoms with E-state index in [-0.39, 0.29) is 5.60 Å². The molecule has 5 rings (SSSR count). The van der Waals surface area contributed by atoms with Crippen molar-refractivity contribution in [3.05, 3.63) is 22.3 Å². The van der Waals surface area contributed by atoms with Crippen LogP contribution in [0.5, 0.6) is 11.5 Å². The third-order valence-electron chi connectivity index (χ3n) is 9.97. The second kappa shape index (κ2) is 15.1. The summed E-state index contributed by atoms with van der Waals surface area (Å²) in [5, 5.41) is 104. The molecule has 15 atom stereocenters. The van der Waals surface area contributed by atoms with Gasteiger partial charge in [0.15, 0.2) is 12.6 Å². The summed E-state index contributed by atoms with van der Waals surface area (Å²) in [5.74, 6) is 1.21. The van der Waals surface area contributed by atoms with Crippen LogP contribution in [0.1, 0.15) is 42.5 Å². The molecule has 3 fully saturated rings. The number of hydrogen-bond acceptors (Lipinski definition) is 17. The van der Waals surface area contributed by atoms with E-state index in [2.05, 4.69) is 0 Å². The molecule has 4 aliphatic heterocycles. The molecule has 280 valence electrons. The molecule has 0 aromatic heterocycles. The largest absolute Gasteiger partial charge is 0.487 e. The van der Waals surface area contributed by atoms with Crippen LogP contribution in [0.25, 0.3) is 0 Å². The Bertz CT molecular complexity index is 1290. The molecule has 1 aromatic carbocycles. The zero-order chi connectivity index (χ0) is 36.1. The first kappa shape index (κ1) is 38.5. The summed E-state index contributed by atoms with van der Waals surface area (Å²) < 4.78 is 40.6. The van der Waals surface area contributed by atoms with Crippen LogP contribution in [0.3, 0.4) is 0 Å². The maximum atomic E-state index is 11.2. The van der Waals surface area contributed by atoms with Crippen molar-refractivity contribution in [2.45, 2.75) is 145 Å². The van der Waals surface area contributed by atoms with Crippen molar-refractivity contribution < 1.29 is 84.2 Å². The molecule has 0 spiro atoms. The van der Waals surface area contributed by atoms with Gasteiger partial charge in [0.05, 0.1) is 19.8 Å². The van der Waals surface area contributed by atoms with Crippen LogP contribution in [-0.2, 0) is 30.1 Å². The molecule has 0 amide bonds.